The van der Waals surface area contributed by atoms with Gasteiger partial charge in [0.15, 0.2) is 5.60 Å². The molecule has 3 heteroatoms. The molecule has 1 heterocycles. The first kappa shape index (κ1) is 22.4. The monoisotopic (exact) mass is 436 g/mol. The zero-order chi connectivity index (χ0) is 21.8. The van der Waals surface area contributed by atoms with Crippen LogP contribution in [0, 0.1) is 17.3 Å². The third-order valence-electron chi connectivity index (χ3n) is 7.68. The molecule has 164 valence electrons. The Labute approximate surface area is 192 Å². The van der Waals surface area contributed by atoms with E-state index in [1.165, 1.54) is 37.7 Å². The van der Waals surface area contributed by atoms with Gasteiger partial charge in [0.1, 0.15) is 13.1 Å². The number of quaternary nitrogens is 1. The number of benzene rings is 2. The molecule has 1 saturated carbocycles. The smallest absolute Gasteiger partial charge is 0.156 e. The van der Waals surface area contributed by atoms with Crippen LogP contribution in [-0.2, 0) is 12.1 Å². The van der Waals surface area contributed by atoms with E-state index >= 15 is 0 Å². The molecule has 1 N–H and O–H groups in total. The number of nitrogens with zero attached hydrogens (tertiary/aromatic N) is 1. The lowest BCUT2D eigenvalue weighted by Crippen LogP contribution is -2.51. The summed E-state index contributed by atoms with van der Waals surface area (Å²) < 4.78 is 0.943. The molecule has 1 saturated heterocycles. The Bertz CT molecular complexity index is 932. The minimum Gasteiger partial charge on any atom is -0.373 e. The molecule has 0 radical (unpaired) electrons. The molecular weight excluding hydrogens is 402 g/mol. The molecule has 0 bridgehead atoms. The standard InChI is InChI=1S/C28H35ClNO/c1-27(17-8-9-18-27)28(31,25-14-4-2-5-15-25)19-12-22-30(20-10-3-11-21-30)23-24-13-6-7-16-26(24)29/h2,4-7,13-16,31H,3,8-11,17-18,20-23H2,1H3/q+1/t28-/m0/s1. The third kappa shape index (κ3) is 4.70. The Morgan fingerprint density at radius 2 is 1.58 bits per heavy atom. The Balaban J connectivity index is 1.64. The summed E-state index contributed by atoms with van der Waals surface area (Å²) in [6.45, 7) is 6.14. The molecule has 2 fully saturated rings. The van der Waals surface area contributed by atoms with Crippen LogP contribution in [0.3, 0.4) is 0 Å². The highest BCUT2D eigenvalue weighted by Gasteiger charge is 2.48. The maximum atomic E-state index is 12.0. The van der Waals surface area contributed by atoms with Gasteiger partial charge >= 0.3 is 0 Å². The normalized spacial score (nSPS) is 21.6. The summed E-state index contributed by atoms with van der Waals surface area (Å²) in [6, 6.07) is 18.3. The van der Waals surface area contributed by atoms with E-state index in [1.807, 2.05) is 42.5 Å². The van der Waals surface area contributed by atoms with Crippen LogP contribution in [0.15, 0.2) is 54.6 Å². The summed E-state index contributed by atoms with van der Waals surface area (Å²) in [5.41, 5.74) is 0.836. The van der Waals surface area contributed by atoms with E-state index in [4.69, 9.17) is 11.6 Å². The highest BCUT2D eigenvalue weighted by molar-refractivity contribution is 6.31. The Hall–Kier alpha value is -1.79. The third-order valence-corrected chi connectivity index (χ3v) is 8.05. The van der Waals surface area contributed by atoms with Crippen LogP contribution < -0.4 is 0 Å². The van der Waals surface area contributed by atoms with Crippen molar-refractivity contribution in [2.45, 2.75) is 64.0 Å². The molecule has 2 aliphatic rings. The van der Waals surface area contributed by atoms with Crippen molar-refractivity contribution < 1.29 is 9.59 Å². The molecule has 1 aliphatic heterocycles. The summed E-state index contributed by atoms with van der Waals surface area (Å²) in [5.74, 6) is 6.93. The Kier molecular flexibility index (Phi) is 6.77. The van der Waals surface area contributed by atoms with Crippen LogP contribution in [-0.4, -0.2) is 29.2 Å². The lowest BCUT2D eigenvalue weighted by molar-refractivity contribution is -0.938. The van der Waals surface area contributed by atoms with E-state index in [1.54, 1.807) is 0 Å². The molecule has 31 heavy (non-hydrogen) atoms. The molecule has 2 nitrogen and oxygen atoms in total. The van der Waals surface area contributed by atoms with Gasteiger partial charge in [-0.1, -0.05) is 85.8 Å². The van der Waals surface area contributed by atoms with E-state index in [0.29, 0.717) is 0 Å². The van der Waals surface area contributed by atoms with Crippen LogP contribution in [0.4, 0.5) is 0 Å². The van der Waals surface area contributed by atoms with Crippen molar-refractivity contribution in [2.24, 2.45) is 5.41 Å². The van der Waals surface area contributed by atoms with E-state index in [-0.39, 0.29) is 5.41 Å². The van der Waals surface area contributed by atoms with E-state index in [9.17, 15) is 5.11 Å². The fraction of sp³-hybridized carbons (Fsp3) is 0.500. The van der Waals surface area contributed by atoms with Gasteiger partial charge in [-0.25, -0.2) is 0 Å². The van der Waals surface area contributed by atoms with E-state index < -0.39 is 5.60 Å². The first-order chi connectivity index (χ1) is 15.0. The van der Waals surface area contributed by atoms with Crippen molar-refractivity contribution in [3.63, 3.8) is 0 Å². The fourth-order valence-electron chi connectivity index (χ4n) is 5.65. The lowest BCUT2D eigenvalue weighted by atomic mass is 9.68. The van der Waals surface area contributed by atoms with Crippen molar-refractivity contribution in [3.8, 4) is 11.8 Å². The first-order valence-corrected chi connectivity index (χ1v) is 12.2. The maximum Gasteiger partial charge on any atom is 0.156 e. The first-order valence-electron chi connectivity index (χ1n) is 11.8. The topological polar surface area (TPSA) is 20.2 Å². The summed E-state index contributed by atoms with van der Waals surface area (Å²) in [4.78, 5) is 0. The fourth-order valence-corrected chi connectivity index (χ4v) is 5.84. The predicted molar refractivity (Wildman–Crippen MR) is 129 cm³/mol. The molecular formula is C28H35ClNO+. The van der Waals surface area contributed by atoms with Gasteiger partial charge in [-0.15, -0.1) is 0 Å². The molecule has 2 aromatic rings. The molecule has 2 aromatic carbocycles. The molecule has 4 rings (SSSR count). The highest BCUT2D eigenvalue weighted by Crippen LogP contribution is 2.50. The van der Waals surface area contributed by atoms with Crippen LogP contribution in [0.2, 0.25) is 5.02 Å². The SMILES string of the molecule is CC1([C@](O)(C#CC[N+]2(Cc3ccccc3Cl)CCCCC2)c2ccccc2)CCCC1. The molecule has 0 spiro atoms. The number of hydrogen-bond acceptors (Lipinski definition) is 1. The van der Waals surface area contributed by atoms with Crippen LogP contribution in [0.5, 0.6) is 0 Å². The molecule has 0 unspecified atom stereocenters. The zero-order valence-electron chi connectivity index (χ0n) is 18.7. The summed E-state index contributed by atoms with van der Waals surface area (Å²) in [7, 11) is 0. The zero-order valence-corrected chi connectivity index (χ0v) is 19.5. The average Bonchev–Trinajstić information content (AvgIpc) is 3.25. The number of aliphatic hydroxyl groups is 1. The largest absolute Gasteiger partial charge is 0.373 e. The van der Waals surface area contributed by atoms with Gasteiger partial charge in [0.25, 0.3) is 0 Å². The molecule has 1 aliphatic carbocycles. The summed E-state index contributed by atoms with van der Waals surface area (Å²) in [5, 5.41) is 12.8. The van der Waals surface area contributed by atoms with E-state index in [2.05, 4.69) is 30.9 Å². The Morgan fingerprint density at radius 1 is 0.935 bits per heavy atom. The van der Waals surface area contributed by atoms with Crippen molar-refractivity contribution in [3.05, 3.63) is 70.7 Å². The van der Waals surface area contributed by atoms with Gasteiger partial charge in [0, 0.05) is 16.0 Å². The minimum absolute atomic E-state index is 0.198. The lowest BCUT2D eigenvalue weighted by Gasteiger charge is -2.41. The van der Waals surface area contributed by atoms with Gasteiger partial charge in [-0.2, -0.15) is 0 Å². The number of halogens is 1. The second-order valence-corrected chi connectivity index (χ2v) is 10.3. The maximum absolute atomic E-state index is 12.0. The van der Waals surface area contributed by atoms with Crippen molar-refractivity contribution >= 4 is 11.6 Å². The quantitative estimate of drug-likeness (QED) is 0.430. The van der Waals surface area contributed by atoms with Crippen LogP contribution in [0.25, 0.3) is 0 Å². The van der Waals surface area contributed by atoms with Crippen LogP contribution >= 0.6 is 11.6 Å². The molecule has 0 amide bonds. The van der Waals surface area contributed by atoms with Crippen molar-refractivity contribution in [1.29, 1.82) is 0 Å². The molecule has 0 aromatic heterocycles. The van der Waals surface area contributed by atoms with Crippen molar-refractivity contribution in [1.82, 2.24) is 0 Å². The number of hydrogen-bond donors (Lipinski definition) is 1. The minimum atomic E-state index is -1.10. The number of rotatable bonds is 5. The van der Waals surface area contributed by atoms with Gasteiger partial charge < -0.3 is 9.59 Å². The van der Waals surface area contributed by atoms with Gasteiger partial charge in [-0.3, -0.25) is 0 Å². The second kappa shape index (κ2) is 9.37. The Morgan fingerprint density at radius 3 is 2.26 bits per heavy atom. The predicted octanol–water partition coefficient (Wildman–Crippen LogP) is 6.31. The summed E-state index contributed by atoms with van der Waals surface area (Å²) >= 11 is 6.51. The van der Waals surface area contributed by atoms with Gasteiger partial charge in [0.2, 0.25) is 0 Å². The molecule has 1 atom stereocenters. The number of piperidine rings is 1. The average molecular weight is 437 g/mol. The highest BCUT2D eigenvalue weighted by atomic mass is 35.5. The van der Waals surface area contributed by atoms with E-state index in [0.717, 1.165) is 54.1 Å². The van der Waals surface area contributed by atoms with Gasteiger partial charge in [-0.05, 0) is 49.7 Å². The number of likely N-dealkylation sites (tertiary alicyclic amines) is 1. The van der Waals surface area contributed by atoms with Crippen molar-refractivity contribution in [2.75, 3.05) is 19.6 Å². The second-order valence-electron chi connectivity index (χ2n) is 9.90. The van der Waals surface area contributed by atoms with Crippen LogP contribution in [0.1, 0.15) is 63.0 Å². The summed E-state index contributed by atoms with van der Waals surface area (Å²) in [6.07, 6.45) is 8.13. The van der Waals surface area contributed by atoms with Gasteiger partial charge in [0.05, 0.1) is 13.1 Å².